The zero-order valence-corrected chi connectivity index (χ0v) is 10.5. The zero-order chi connectivity index (χ0) is 11.8. The van der Waals surface area contributed by atoms with Gasteiger partial charge in [0.05, 0.1) is 12.2 Å². The minimum Gasteiger partial charge on any atom is -0.375 e. The molecular weight excluding hydrogens is 214 g/mol. The van der Waals surface area contributed by atoms with Crippen LogP contribution in [0.2, 0.25) is 0 Å². The molecule has 2 saturated heterocycles. The molecule has 94 valence electrons. The van der Waals surface area contributed by atoms with Crippen LogP contribution in [0.4, 0.5) is 0 Å². The molecule has 3 rings (SSSR count). The number of carbonyl (C=O) groups excluding carboxylic acids is 1. The molecule has 3 atom stereocenters. The Kier molecular flexibility index (Phi) is 2.95. The van der Waals surface area contributed by atoms with Crippen LogP contribution in [0.25, 0.3) is 0 Å². The van der Waals surface area contributed by atoms with Gasteiger partial charge in [0.2, 0.25) is 5.91 Å². The summed E-state index contributed by atoms with van der Waals surface area (Å²) in [5.41, 5.74) is 0. The fourth-order valence-corrected chi connectivity index (χ4v) is 3.47. The molecule has 0 aromatic rings. The summed E-state index contributed by atoms with van der Waals surface area (Å²) in [4.78, 5) is 14.4. The second kappa shape index (κ2) is 4.45. The molecule has 17 heavy (non-hydrogen) atoms. The lowest BCUT2D eigenvalue weighted by Crippen LogP contribution is -2.46. The summed E-state index contributed by atoms with van der Waals surface area (Å²) < 4.78 is 5.87. The van der Waals surface area contributed by atoms with Gasteiger partial charge >= 0.3 is 0 Å². The highest BCUT2D eigenvalue weighted by Gasteiger charge is 2.39. The van der Waals surface area contributed by atoms with Crippen molar-refractivity contribution in [2.45, 2.75) is 44.8 Å². The summed E-state index contributed by atoms with van der Waals surface area (Å²) in [6.45, 7) is 3.96. The van der Waals surface area contributed by atoms with E-state index < -0.39 is 0 Å². The third-order valence-corrected chi connectivity index (χ3v) is 4.37. The van der Waals surface area contributed by atoms with E-state index in [9.17, 15) is 4.79 Å². The van der Waals surface area contributed by atoms with E-state index in [1.54, 1.807) is 0 Å². The molecule has 1 aliphatic carbocycles. The molecule has 0 N–H and O–H groups in total. The van der Waals surface area contributed by atoms with E-state index in [0.717, 1.165) is 38.8 Å². The van der Waals surface area contributed by atoms with E-state index >= 15 is 0 Å². The van der Waals surface area contributed by atoms with Crippen LogP contribution in [0.3, 0.4) is 0 Å². The molecule has 2 heterocycles. The molecule has 0 radical (unpaired) electrons. The Morgan fingerprint density at radius 1 is 1.35 bits per heavy atom. The number of amides is 1. The van der Waals surface area contributed by atoms with Crippen molar-refractivity contribution in [1.29, 1.82) is 0 Å². The van der Waals surface area contributed by atoms with Gasteiger partial charge in [0.15, 0.2) is 0 Å². The number of nitrogens with zero attached hydrogens (tertiary/aromatic N) is 1. The topological polar surface area (TPSA) is 29.5 Å². The van der Waals surface area contributed by atoms with Gasteiger partial charge in [-0.3, -0.25) is 4.79 Å². The number of piperidine rings is 1. The summed E-state index contributed by atoms with van der Waals surface area (Å²) in [5, 5.41) is 0. The Morgan fingerprint density at radius 2 is 2.12 bits per heavy atom. The van der Waals surface area contributed by atoms with Gasteiger partial charge in [0, 0.05) is 24.9 Å². The summed E-state index contributed by atoms with van der Waals surface area (Å²) >= 11 is 0. The number of hydrogen-bond acceptors (Lipinski definition) is 2. The molecule has 3 nitrogen and oxygen atoms in total. The van der Waals surface area contributed by atoms with E-state index in [2.05, 4.69) is 24.0 Å². The molecule has 0 bridgehead atoms. The van der Waals surface area contributed by atoms with E-state index in [4.69, 9.17) is 4.74 Å². The smallest absolute Gasteiger partial charge is 0.226 e. The van der Waals surface area contributed by atoms with Crippen molar-refractivity contribution in [3.05, 3.63) is 12.2 Å². The minimum absolute atomic E-state index is 0.228. The predicted octanol–water partition coefficient (Wildman–Crippen LogP) is 1.98. The van der Waals surface area contributed by atoms with E-state index in [1.807, 2.05) is 0 Å². The normalized spacial score (nSPS) is 37.5. The summed E-state index contributed by atoms with van der Waals surface area (Å²) in [6.07, 6.45) is 9.10. The maximum Gasteiger partial charge on any atom is 0.226 e. The minimum atomic E-state index is 0.228. The van der Waals surface area contributed by atoms with E-state index in [1.165, 1.54) is 0 Å². The average Bonchev–Trinajstić information content (AvgIpc) is 2.94. The van der Waals surface area contributed by atoms with Crippen LogP contribution in [-0.2, 0) is 9.53 Å². The fraction of sp³-hybridized carbons (Fsp3) is 0.786. The van der Waals surface area contributed by atoms with Crippen LogP contribution < -0.4 is 0 Å². The molecule has 2 fully saturated rings. The monoisotopic (exact) mass is 235 g/mol. The third kappa shape index (κ3) is 2.13. The number of carbonyl (C=O) groups is 1. The molecule has 0 aromatic heterocycles. The first-order valence-corrected chi connectivity index (χ1v) is 6.83. The number of likely N-dealkylation sites (tertiary alicyclic amines) is 1. The highest BCUT2D eigenvalue weighted by Crippen LogP contribution is 2.33. The van der Waals surface area contributed by atoms with Crippen molar-refractivity contribution in [2.24, 2.45) is 11.8 Å². The van der Waals surface area contributed by atoms with Crippen LogP contribution in [0.5, 0.6) is 0 Å². The Labute approximate surface area is 103 Å². The Hall–Kier alpha value is -0.830. The number of fused-ring (bicyclic) bond motifs is 1. The average molecular weight is 235 g/mol. The predicted molar refractivity (Wildman–Crippen MR) is 65.5 cm³/mol. The molecule has 0 saturated carbocycles. The Balaban J connectivity index is 1.60. The lowest BCUT2D eigenvalue weighted by Gasteiger charge is -2.35. The third-order valence-electron chi connectivity index (χ3n) is 4.37. The van der Waals surface area contributed by atoms with Crippen molar-refractivity contribution >= 4 is 5.91 Å². The van der Waals surface area contributed by atoms with Gasteiger partial charge in [-0.2, -0.15) is 0 Å². The van der Waals surface area contributed by atoms with Crippen molar-refractivity contribution in [3.8, 4) is 0 Å². The SMILES string of the molecule is C[C@H]1C[C@H]2CN(C(=O)C3CC=CC3)CC[C@H]2O1. The van der Waals surface area contributed by atoms with Crippen molar-refractivity contribution < 1.29 is 9.53 Å². The molecule has 0 spiro atoms. The number of hydrogen-bond donors (Lipinski definition) is 0. The van der Waals surface area contributed by atoms with Crippen LogP contribution in [0.1, 0.15) is 32.6 Å². The largest absolute Gasteiger partial charge is 0.375 e. The molecule has 0 aromatic carbocycles. The summed E-state index contributed by atoms with van der Waals surface area (Å²) in [5.74, 6) is 1.18. The van der Waals surface area contributed by atoms with E-state index in [-0.39, 0.29) is 5.92 Å². The summed E-state index contributed by atoms with van der Waals surface area (Å²) in [6, 6.07) is 0. The van der Waals surface area contributed by atoms with Crippen LogP contribution in [0.15, 0.2) is 12.2 Å². The lowest BCUT2D eigenvalue weighted by molar-refractivity contribution is -0.138. The first-order chi connectivity index (χ1) is 8.24. The first-order valence-electron chi connectivity index (χ1n) is 6.83. The molecule has 3 heteroatoms. The first kappa shape index (κ1) is 11.3. The Morgan fingerprint density at radius 3 is 2.88 bits per heavy atom. The van der Waals surface area contributed by atoms with Crippen molar-refractivity contribution in [2.75, 3.05) is 13.1 Å². The molecule has 3 aliphatic rings. The molecule has 1 amide bonds. The maximum absolute atomic E-state index is 12.3. The maximum atomic E-state index is 12.3. The van der Waals surface area contributed by atoms with Gasteiger partial charge in [-0.15, -0.1) is 0 Å². The summed E-state index contributed by atoms with van der Waals surface area (Å²) in [7, 11) is 0. The van der Waals surface area contributed by atoms with Crippen LogP contribution in [0, 0.1) is 11.8 Å². The molecule has 2 aliphatic heterocycles. The number of ether oxygens (including phenoxy) is 1. The van der Waals surface area contributed by atoms with Crippen molar-refractivity contribution in [3.63, 3.8) is 0 Å². The second-order valence-electron chi connectivity index (χ2n) is 5.69. The second-order valence-corrected chi connectivity index (χ2v) is 5.69. The number of allylic oxidation sites excluding steroid dienone is 2. The zero-order valence-electron chi connectivity index (χ0n) is 10.5. The quantitative estimate of drug-likeness (QED) is 0.650. The molecule has 0 unspecified atom stereocenters. The fourth-order valence-electron chi connectivity index (χ4n) is 3.47. The van der Waals surface area contributed by atoms with E-state index in [0.29, 0.717) is 24.0 Å². The van der Waals surface area contributed by atoms with Gasteiger partial charge in [-0.25, -0.2) is 0 Å². The molecular formula is C14H21NO2. The van der Waals surface area contributed by atoms with Gasteiger partial charge in [-0.05, 0) is 32.6 Å². The lowest BCUT2D eigenvalue weighted by atomic mass is 9.92. The highest BCUT2D eigenvalue weighted by atomic mass is 16.5. The van der Waals surface area contributed by atoms with Crippen LogP contribution >= 0.6 is 0 Å². The van der Waals surface area contributed by atoms with Gasteiger partial charge in [-0.1, -0.05) is 12.2 Å². The van der Waals surface area contributed by atoms with Crippen LogP contribution in [-0.4, -0.2) is 36.1 Å². The van der Waals surface area contributed by atoms with Gasteiger partial charge in [0.25, 0.3) is 0 Å². The van der Waals surface area contributed by atoms with Gasteiger partial charge < -0.3 is 9.64 Å². The van der Waals surface area contributed by atoms with Crippen molar-refractivity contribution in [1.82, 2.24) is 4.90 Å². The Bertz CT molecular complexity index is 331. The highest BCUT2D eigenvalue weighted by molar-refractivity contribution is 5.79. The van der Waals surface area contributed by atoms with Gasteiger partial charge in [0.1, 0.15) is 0 Å². The standard InChI is InChI=1S/C14H21NO2/c1-10-8-12-9-15(7-6-13(12)17-10)14(16)11-4-2-3-5-11/h2-3,10-13H,4-9H2,1H3/t10-,12-,13+/m0/s1. The number of rotatable bonds is 1.